The smallest absolute Gasteiger partial charge is 0.303 e. The highest BCUT2D eigenvalue weighted by atomic mass is 35.5. The Hall–Kier alpha value is -2.50. The largest absolute Gasteiger partial charge is 0.493 e. The zero-order valence-electron chi connectivity index (χ0n) is 23.8. The van der Waals surface area contributed by atoms with Crippen molar-refractivity contribution in [2.75, 3.05) is 38.9 Å². The van der Waals surface area contributed by atoms with Gasteiger partial charge in [-0.05, 0) is 66.6 Å². The molecule has 1 aliphatic rings. The van der Waals surface area contributed by atoms with Crippen LogP contribution in [-0.2, 0) is 32.0 Å². The molecule has 1 N–H and O–H groups in total. The summed E-state index contributed by atoms with van der Waals surface area (Å²) in [5.74, 6) is 0.307. The average Bonchev–Trinajstić information content (AvgIpc) is 3.24. The van der Waals surface area contributed by atoms with Crippen molar-refractivity contribution < 1.29 is 28.9 Å². The highest BCUT2D eigenvalue weighted by Crippen LogP contribution is 2.35. The number of carbonyl (C=O) groups excluding carboxylic acids is 1. The minimum atomic E-state index is -0.881. The van der Waals surface area contributed by atoms with E-state index in [9.17, 15) is 14.7 Å². The zero-order chi connectivity index (χ0) is 30.0. The number of carboxylic acid groups (broad SMARTS) is 1. The highest BCUT2D eigenvalue weighted by molar-refractivity contribution is 8.26. The monoisotopic (exact) mass is 634 g/mol. The second-order valence-corrected chi connectivity index (χ2v) is 11.8. The zero-order valence-corrected chi connectivity index (χ0v) is 26.2. The SMILES string of the molecule is O=C(O)CCc1ccc(OCCCOCCCOCCCCCCCl)cc1/C=C1\SC(=S)N(Cc2cccnc2)C1=O. The molecule has 1 fully saturated rings. The first kappa shape index (κ1) is 34.0. The summed E-state index contributed by atoms with van der Waals surface area (Å²) in [5, 5.41) is 9.20. The Labute approximate surface area is 262 Å². The van der Waals surface area contributed by atoms with E-state index in [2.05, 4.69) is 4.98 Å². The van der Waals surface area contributed by atoms with Gasteiger partial charge < -0.3 is 19.3 Å². The number of nitrogens with zero attached hydrogens (tertiary/aromatic N) is 2. The molecule has 0 radical (unpaired) electrons. The minimum absolute atomic E-state index is 0.0139. The van der Waals surface area contributed by atoms with Crippen molar-refractivity contribution in [1.29, 1.82) is 0 Å². The topological polar surface area (TPSA) is 98.2 Å². The number of pyridine rings is 1. The van der Waals surface area contributed by atoms with Gasteiger partial charge in [0.05, 0.1) is 18.1 Å². The molecule has 0 spiro atoms. The Morgan fingerprint density at radius 3 is 2.48 bits per heavy atom. The number of unbranched alkanes of at least 4 members (excludes halogenated alkanes) is 3. The van der Waals surface area contributed by atoms with Crippen LogP contribution in [0.3, 0.4) is 0 Å². The molecule has 228 valence electrons. The predicted octanol–water partition coefficient (Wildman–Crippen LogP) is 6.49. The summed E-state index contributed by atoms with van der Waals surface area (Å²) in [4.78, 5) is 30.5. The maximum atomic E-state index is 13.2. The van der Waals surface area contributed by atoms with E-state index in [0.29, 0.717) is 54.4 Å². The van der Waals surface area contributed by atoms with Gasteiger partial charge in [-0.2, -0.15) is 0 Å². The lowest BCUT2D eigenvalue weighted by atomic mass is 10.0. The van der Waals surface area contributed by atoms with Crippen molar-refractivity contribution in [2.24, 2.45) is 0 Å². The van der Waals surface area contributed by atoms with E-state index < -0.39 is 5.97 Å². The number of carboxylic acids is 1. The molecular formula is C31H39ClN2O6S2. The molecule has 1 amide bonds. The molecule has 1 saturated heterocycles. The van der Waals surface area contributed by atoms with Crippen molar-refractivity contribution in [2.45, 2.75) is 57.9 Å². The summed E-state index contributed by atoms with van der Waals surface area (Å²) >= 11 is 12.4. The number of halogens is 1. The van der Waals surface area contributed by atoms with Crippen LogP contribution in [-0.4, -0.2) is 70.1 Å². The molecule has 0 unspecified atom stereocenters. The molecule has 0 saturated carbocycles. The number of carbonyl (C=O) groups is 2. The van der Waals surface area contributed by atoms with Crippen LogP contribution in [0, 0.1) is 0 Å². The van der Waals surface area contributed by atoms with Crippen LogP contribution < -0.4 is 4.74 Å². The van der Waals surface area contributed by atoms with Crippen LogP contribution >= 0.6 is 35.6 Å². The summed E-state index contributed by atoms with van der Waals surface area (Å²) in [5.41, 5.74) is 2.45. The van der Waals surface area contributed by atoms with E-state index in [0.717, 1.165) is 67.7 Å². The number of benzene rings is 1. The number of ether oxygens (including phenoxy) is 3. The number of hydrogen-bond acceptors (Lipinski definition) is 8. The first-order valence-electron chi connectivity index (χ1n) is 14.3. The molecule has 0 atom stereocenters. The first-order valence-corrected chi connectivity index (χ1v) is 16.1. The molecule has 2 heterocycles. The van der Waals surface area contributed by atoms with Gasteiger partial charge in [0, 0.05) is 57.5 Å². The van der Waals surface area contributed by atoms with E-state index in [4.69, 9.17) is 38.0 Å². The molecule has 2 aromatic rings. The average molecular weight is 635 g/mol. The van der Waals surface area contributed by atoms with Gasteiger partial charge in [0.15, 0.2) is 0 Å². The van der Waals surface area contributed by atoms with Gasteiger partial charge in [0.1, 0.15) is 10.1 Å². The van der Waals surface area contributed by atoms with E-state index in [1.807, 2.05) is 30.3 Å². The van der Waals surface area contributed by atoms with Crippen molar-refractivity contribution in [3.05, 3.63) is 64.3 Å². The third kappa shape index (κ3) is 12.4. The third-order valence-electron chi connectivity index (χ3n) is 6.40. The van der Waals surface area contributed by atoms with Gasteiger partial charge >= 0.3 is 5.97 Å². The van der Waals surface area contributed by atoms with Crippen molar-refractivity contribution in [3.8, 4) is 5.75 Å². The van der Waals surface area contributed by atoms with Gasteiger partial charge in [0.2, 0.25) is 0 Å². The Bertz CT molecular complexity index is 1180. The molecule has 1 aromatic heterocycles. The van der Waals surface area contributed by atoms with E-state index in [-0.39, 0.29) is 12.3 Å². The molecule has 3 rings (SSSR count). The van der Waals surface area contributed by atoms with E-state index in [1.165, 1.54) is 11.8 Å². The van der Waals surface area contributed by atoms with Gasteiger partial charge in [-0.25, -0.2) is 0 Å². The summed E-state index contributed by atoms with van der Waals surface area (Å²) in [6, 6.07) is 9.25. The number of hydrogen-bond donors (Lipinski definition) is 1. The van der Waals surface area contributed by atoms with Gasteiger partial charge in [-0.3, -0.25) is 19.5 Å². The van der Waals surface area contributed by atoms with Crippen LogP contribution in [0.25, 0.3) is 6.08 Å². The van der Waals surface area contributed by atoms with E-state index in [1.54, 1.807) is 23.4 Å². The second kappa shape index (κ2) is 19.6. The fourth-order valence-corrected chi connectivity index (χ4v) is 5.62. The number of aromatic nitrogens is 1. The fraction of sp³-hybridized carbons (Fsp3) is 0.484. The lowest BCUT2D eigenvalue weighted by Gasteiger charge is -2.14. The molecule has 42 heavy (non-hydrogen) atoms. The summed E-state index contributed by atoms with van der Waals surface area (Å²) in [6.45, 7) is 3.53. The van der Waals surface area contributed by atoms with Gasteiger partial charge in [-0.15, -0.1) is 11.6 Å². The van der Waals surface area contributed by atoms with Crippen LogP contribution in [0.15, 0.2) is 47.6 Å². The minimum Gasteiger partial charge on any atom is -0.493 e. The number of aryl methyl sites for hydroxylation is 1. The lowest BCUT2D eigenvalue weighted by molar-refractivity contribution is -0.137. The third-order valence-corrected chi connectivity index (χ3v) is 8.05. The summed E-state index contributed by atoms with van der Waals surface area (Å²) in [7, 11) is 0. The molecule has 1 aromatic carbocycles. The number of aliphatic carboxylic acids is 1. The Morgan fingerprint density at radius 1 is 1.02 bits per heavy atom. The normalized spacial score (nSPS) is 14.2. The standard InChI is InChI=1S/C31H39ClN2O6S2/c32-13-3-1-2-4-15-38-16-6-17-39-18-7-19-40-27-11-9-25(10-12-29(35)36)26(20-27)21-28-30(37)34(31(41)42-28)23-24-8-5-14-33-22-24/h5,8-9,11,14,20-22H,1-4,6-7,10,12-13,15-19,23H2,(H,35,36)/b28-21-. The molecular weight excluding hydrogens is 596 g/mol. The maximum absolute atomic E-state index is 13.2. The van der Waals surface area contributed by atoms with Crippen LogP contribution in [0.4, 0.5) is 0 Å². The first-order chi connectivity index (χ1) is 20.5. The number of amides is 1. The van der Waals surface area contributed by atoms with Gasteiger partial charge in [-0.1, -0.05) is 49.0 Å². The Morgan fingerprint density at radius 2 is 1.76 bits per heavy atom. The second-order valence-electron chi connectivity index (χ2n) is 9.77. The van der Waals surface area contributed by atoms with Crippen LogP contribution in [0.5, 0.6) is 5.75 Å². The summed E-state index contributed by atoms with van der Waals surface area (Å²) < 4.78 is 17.7. The number of alkyl halides is 1. The Balaban J connectivity index is 1.47. The van der Waals surface area contributed by atoms with Crippen molar-refractivity contribution in [3.63, 3.8) is 0 Å². The predicted molar refractivity (Wildman–Crippen MR) is 171 cm³/mol. The number of rotatable bonds is 21. The van der Waals surface area contributed by atoms with Crippen molar-refractivity contribution in [1.82, 2.24) is 9.88 Å². The van der Waals surface area contributed by atoms with E-state index >= 15 is 0 Å². The van der Waals surface area contributed by atoms with Gasteiger partial charge in [0.25, 0.3) is 5.91 Å². The maximum Gasteiger partial charge on any atom is 0.303 e. The molecule has 8 nitrogen and oxygen atoms in total. The quantitative estimate of drug-likeness (QED) is 0.0715. The molecule has 0 aliphatic carbocycles. The highest BCUT2D eigenvalue weighted by Gasteiger charge is 2.32. The molecule has 11 heteroatoms. The van der Waals surface area contributed by atoms with Crippen molar-refractivity contribution >= 4 is 57.9 Å². The number of thiocarbonyl (C=S) groups is 1. The van der Waals surface area contributed by atoms with Crippen LogP contribution in [0.1, 0.15) is 61.6 Å². The number of thioether (sulfide) groups is 1. The molecule has 1 aliphatic heterocycles. The fourth-order valence-electron chi connectivity index (χ4n) is 4.19. The lowest BCUT2D eigenvalue weighted by Crippen LogP contribution is -2.27. The summed E-state index contributed by atoms with van der Waals surface area (Å²) in [6.07, 6.45) is 11.5. The van der Waals surface area contributed by atoms with Crippen LogP contribution in [0.2, 0.25) is 0 Å². The Kier molecular flexibility index (Phi) is 15.9. The molecule has 0 bridgehead atoms.